The molecule has 0 aliphatic heterocycles. The molecule has 0 aliphatic rings. The molecule has 1 rings (SSSR count). The van der Waals surface area contributed by atoms with E-state index in [2.05, 4.69) is 15.6 Å². The van der Waals surface area contributed by atoms with Gasteiger partial charge in [-0.2, -0.15) is 0 Å². The van der Waals surface area contributed by atoms with Crippen molar-refractivity contribution >= 4 is 11.9 Å². The van der Waals surface area contributed by atoms with Crippen molar-refractivity contribution in [3.8, 4) is 5.75 Å². The molecule has 4 N–H and O–H groups in total. The van der Waals surface area contributed by atoms with Gasteiger partial charge in [0.15, 0.2) is 0 Å². The summed E-state index contributed by atoms with van der Waals surface area (Å²) >= 11 is 0. The largest absolute Gasteiger partial charge is 0.497 e. The second-order valence-electron chi connectivity index (χ2n) is 4.05. The molecule has 7 heteroatoms. The monoisotopic (exact) mass is 293 g/mol. The molecule has 0 fully saturated rings. The summed E-state index contributed by atoms with van der Waals surface area (Å²) in [5, 5.41) is 0. The third kappa shape index (κ3) is 6.33. The van der Waals surface area contributed by atoms with E-state index < -0.39 is 5.97 Å². The van der Waals surface area contributed by atoms with Crippen LogP contribution in [0.25, 0.3) is 0 Å². The average Bonchev–Trinajstić information content (AvgIpc) is 2.46. The number of carbonyl (C=O) groups is 2. The Balaban J connectivity index is 2.41. The van der Waals surface area contributed by atoms with Crippen LogP contribution >= 0.6 is 0 Å². The van der Waals surface area contributed by atoms with E-state index in [0.717, 1.165) is 17.4 Å². The molecular weight excluding hydrogens is 274 g/mol. The number of ether oxygens (including phenoxy) is 2. The summed E-state index contributed by atoms with van der Waals surface area (Å²) in [7, 11) is 1.57. The highest BCUT2D eigenvalue weighted by atomic mass is 16.5. The quantitative estimate of drug-likeness (QED) is 0.377. The highest BCUT2D eigenvalue weighted by Crippen LogP contribution is 2.11. The fraction of sp³-hybridized carbons (Fsp3) is 0.286. The predicted octanol–water partition coefficient (Wildman–Crippen LogP) is 0.222. The van der Waals surface area contributed by atoms with Crippen molar-refractivity contribution in [3.63, 3.8) is 0 Å². The lowest BCUT2D eigenvalue weighted by atomic mass is 10.1. The average molecular weight is 293 g/mol. The minimum atomic E-state index is -0.577. The summed E-state index contributed by atoms with van der Waals surface area (Å²) in [6.45, 7) is 1.94. The van der Waals surface area contributed by atoms with E-state index in [1.54, 1.807) is 38.3 Å². The number of benzene rings is 1. The highest BCUT2D eigenvalue weighted by Gasteiger charge is 2.04. The number of hydrazine groups is 1. The fourth-order valence-corrected chi connectivity index (χ4v) is 1.46. The first-order chi connectivity index (χ1) is 10.0. The lowest BCUT2D eigenvalue weighted by Gasteiger charge is -2.08. The summed E-state index contributed by atoms with van der Waals surface area (Å²) in [4.78, 5) is 22.8. The Morgan fingerprint density at radius 1 is 1.24 bits per heavy atom. The van der Waals surface area contributed by atoms with E-state index in [-0.39, 0.29) is 24.8 Å². The van der Waals surface area contributed by atoms with Crippen molar-refractivity contribution in [2.75, 3.05) is 13.7 Å². The maximum absolute atomic E-state index is 11.7. The molecule has 1 aromatic carbocycles. The van der Waals surface area contributed by atoms with Crippen molar-refractivity contribution in [1.82, 2.24) is 10.9 Å². The molecule has 0 aromatic heterocycles. The number of nitrogens with one attached hydrogen (secondary N) is 2. The molecule has 7 nitrogen and oxygen atoms in total. The van der Waals surface area contributed by atoms with Crippen molar-refractivity contribution in [1.29, 1.82) is 0 Å². The van der Waals surface area contributed by atoms with Gasteiger partial charge < -0.3 is 15.2 Å². The number of rotatable bonds is 7. The van der Waals surface area contributed by atoms with Gasteiger partial charge in [0.25, 0.3) is 0 Å². The molecule has 0 atom stereocenters. The highest BCUT2D eigenvalue weighted by molar-refractivity contribution is 5.82. The van der Waals surface area contributed by atoms with Crippen LogP contribution in [-0.2, 0) is 20.7 Å². The lowest BCUT2D eigenvalue weighted by Crippen LogP contribution is -2.40. The van der Waals surface area contributed by atoms with Gasteiger partial charge >= 0.3 is 5.97 Å². The number of nitrogens with two attached hydrogens (primary N) is 1. The van der Waals surface area contributed by atoms with Gasteiger partial charge in [-0.05, 0) is 24.6 Å². The van der Waals surface area contributed by atoms with Crippen molar-refractivity contribution in [2.24, 2.45) is 5.73 Å². The molecule has 0 saturated heterocycles. The Morgan fingerprint density at radius 3 is 2.48 bits per heavy atom. The molecule has 0 unspecified atom stereocenters. The van der Waals surface area contributed by atoms with E-state index in [1.165, 1.54) is 0 Å². The smallest absolute Gasteiger partial charge is 0.334 e. The Labute approximate surface area is 123 Å². The minimum Gasteiger partial charge on any atom is -0.497 e. The Morgan fingerprint density at radius 2 is 1.90 bits per heavy atom. The van der Waals surface area contributed by atoms with Crippen molar-refractivity contribution in [2.45, 2.75) is 13.3 Å². The van der Waals surface area contributed by atoms with Gasteiger partial charge in [-0.25, -0.2) is 4.79 Å². The van der Waals surface area contributed by atoms with Gasteiger partial charge in [0, 0.05) is 0 Å². The predicted molar refractivity (Wildman–Crippen MR) is 76.9 cm³/mol. The SMILES string of the molecule is CCOC(=O)/C=C(\N)NNC(=O)Cc1ccc(OC)cc1. The molecule has 114 valence electrons. The molecular formula is C14H19N3O4. The molecule has 21 heavy (non-hydrogen) atoms. The molecule has 0 heterocycles. The fourth-order valence-electron chi connectivity index (χ4n) is 1.46. The second kappa shape index (κ2) is 8.47. The summed E-state index contributed by atoms with van der Waals surface area (Å²) < 4.78 is 9.71. The van der Waals surface area contributed by atoms with Gasteiger partial charge in [-0.15, -0.1) is 0 Å². The summed E-state index contributed by atoms with van der Waals surface area (Å²) in [6, 6.07) is 7.11. The zero-order valence-electron chi connectivity index (χ0n) is 12.0. The van der Waals surface area contributed by atoms with Gasteiger partial charge in [-0.3, -0.25) is 15.6 Å². The van der Waals surface area contributed by atoms with E-state index >= 15 is 0 Å². The maximum atomic E-state index is 11.7. The number of carbonyl (C=O) groups excluding carboxylic acids is 2. The van der Waals surface area contributed by atoms with Crippen LogP contribution in [-0.4, -0.2) is 25.6 Å². The number of hydrogen-bond donors (Lipinski definition) is 3. The minimum absolute atomic E-state index is 0.00321. The van der Waals surface area contributed by atoms with E-state index in [1.807, 2.05) is 0 Å². The van der Waals surface area contributed by atoms with E-state index in [9.17, 15) is 9.59 Å². The first kappa shape index (κ1) is 16.4. The third-order valence-corrected chi connectivity index (χ3v) is 2.43. The molecule has 0 spiro atoms. The normalized spacial score (nSPS) is 10.7. The van der Waals surface area contributed by atoms with Gasteiger partial charge in [-0.1, -0.05) is 12.1 Å². The number of hydrogen-bond acceptors (Lipinski definition) is 6. The van der Waals surface area contributed by atoms with Crippen LogP contribution in [0.15, 0.2) is 36.2 Å². The van der Waals surface area contributed by atoms with E-state index in [4.69, 9.17) is 10.5 Å². The van der Waals surface area contributed by atoms with Gasteiger partial charge in [0.2, 0.25) is 5.91 Å². The zero-order valence-corrected chi connectivity index (χ0v) is 12.0. The van der Waals surface area contributed by atoms with Crippen molar-refractivity contribution < 1.29 is 19.1 Å². The summed E-state index contributed by atoms with van der Waals surface area (Å²) in [5.41, 5.74) is 11.1. The van der Waals surface area contributed by atoms with Crippen LogP contribution in [0.3, 0.4) is 0 Å². The van der Waals surface area contributed by atoms with Gasteiger partial charge in [0.1, 0.15) is 11.6 Å². The topological polar surface area (TPSA) is 103 Å². The number of methoxy groups -OCH3 is 1. The molecule has 0 bridgehead atoms. The number of amides is 1. The Kier molecular flexibility index (Phi) is 6.59. The molecule has 0 radical (unpaired) electrons. The molecule has 0 aliphatic carbocycles. The summed E-state index contributed by atoms with van der Waals surface area (Å²) in [6.07, 6.45) is 1.22. The van der Waals surface area contributed by atoms with Gasteiger partial charge in [0.05, 0.1) is 26.2 Å². The number of esters is 1. The van der Waals surface area contributed by atoms with Crippen LogP contribution < -0.4 is 21.3 Å². The van der Waals surface area contributed by atoms with Crippen LogP contribution in [0.4, 0.5) is 0 Å². The first-order valence-electron chi connectivity index (χ1n) is 6.37. The van der Waals surface area contributed by atoms with Crippen LogP contribution in [0.1, 0.15) is 12.5 Å². The first-order valence-corrected chi connectivity index (χ1v) is 6.37. The molecule has 1 amide bonds. The Bertz CT molecular complexity index is 511. The lowest BCUT2D eigenvalue weighted by molar-refractivity contribution is -0.137. The van der Waals surface area contributed by atoms with E-state index in [0.29, 0.717) is 0 Å². The van der Waals surface area contributed by atoms with Crippen LogP contribution in [0, 0.1) is 0 Å². The molecule has 1 aromatic rings. The molecule has 0 saturated carbocycles. The summed E-state index contributed by atoms with van der Waals surface area (Å²) in [5.74, 6) is -0.150. The van der Waals surface area contributed by atoms with Crippen LogP contribution in [0.5, 0.6) is 5.75 Å². The zero-order chi connectivity index (χ0) is 15.7. The van der Waals surface area contributed by atoms with Crippen molar-refractivity contribution in [3.05, 3.63) is 41.7 Å². The standard InChI is InChI=1S/C14H19N3O4/c1-3-21-14(19)9-12(15)16-17-13(18)8-10-4-6-11(20-2)7-5-10/h4-7,9,16H,3,8,15H2,1-2H3,(H,17,18)/b12-9+. The van der Waals surface area contributed by atoms with Crippen LogP contribution in [0.2, 0.25) is 0 Å². The third-order valence-electron chi connectivity index (χ3n) is 2.43. The maximum Gasteiger partial charge on any atom is 0.334 e. The second-order valence-corrected chi connectivity index (χ2v) is 4.05. The Hall–Kier alpha value is -2.70.